The van der Waals surface area contributed by atoms with Gasteiger partial charge in [-0.15, -0.1) is 12.6 Å². The molecular weight excluding hydrogens is 326 g/mol. The van der Waals surface area contributed by atoms with E-state index in [1.807, 2.05) is 0 Å². The van der Waals surface area contributed by atoms with Gasteiger partial charge in [0.2, 0.25) is 0 Å². The van der Waals surface area contributed by atoms with Gasteiger partial charge in [-0.1, -0.05) is 11.6 Å². The molecule has 112 valence electrons. The lowest BCUT2D eigenvalue weighted by atomic mass is 10.2. The van der Waals surface area contributed by atoms with Crippen molar-refractivity contribution in [3.63, 3.8) is 0 Å². The van der Waals surface area contributed by atoms with Crippen LogP contribution < -0.4 is 10.9 Å². The molecule has 1 aromatic rings. The van der Waals surface area contributed by atoms with Crippen LogP contribution in [0.4, 0.5) is 4.79 Å². The molecule has 1 aromatic carbocycles. The highest BCUT2D eigenvalue weighted by molar-refractivity contribution is 7.90. The average molecular weight is 340 g/mol. The first-order valence-corrected chi connectivity index (χ1v) is 7.65. The first-order chi connectivity index (χ1) is 8.84. The van der Waals surface area contributed by atoms with E-state index < -0.39 is 16.1 Å². The Bertz CT molecular complexity index is 636. The van der Waals surface area contributed by atoms with Gasteiger partial charge in [0.05, 0.1) is 6.54 Å². The van der Waals surface area contributed by atoms with Crippen molar-refractivity contribution in [2.75, 3.05) is 13.1 Å². The third-order valence-corrected chi connectivity index (χ3v) is 5.42. The van der Waals surface area contributed by atoms with Crippen molar-refractivity contribution >= 4 is 40.3 Å². The molecule has 7 nitrogen and oxygen atoms in total. The minimum absolute atomic E-state index is 0. The minimum Gasteiger partial charge on any atom is -0.412 e. The van der Waals surface area contributed by atoms with E-state index in [1.54, 1.807) is 6.92 Å². The van der Waals surface area contributed by atoms with E-state index >= 15 is 0 Å². The van der Waals surface area contributed by atoms with Crippen LogP contribution in [0.5, 0.6) is 0 Å². The third kappa shape index (κ3) is 3.01. The van der Waals surface area contributed by atoms with Gasteiger partial charge in [-0.05, 0) is 24.6 Å². The van der Waals surface area contributed by atoms with Crippen molar-refractivity contribution in [2.45, 2.75) is 16.7 Å². The molecular formula is C10H14ClN3O4S2. The normalized spacial score (nSPS) is 15.6. The summed E-state index contributed by atoms with van der Waals surface area (Å²) in [6.45, 7) is 2.08. The lowest BCUT2D eigenvalue weighted by molar-refractivity contribution is 0.208. The summed E-state index contributed by atoms with van der Waals surface area (Å²) in [5.41, 5.74) is 5.44. The van der Waals surface area contributed by atoms with Crippen LogP contribution in [0.2, 0.25) is 5.02 Å². The van der Waals surface area contributed by atoms with E-state index in [2.05, 4.69) is 23.5 Å². The van der Waals surface area contributed by atoms with E-state index in [0.717, 1.165) is 4.31 Å². The summed E-state index contributed by atoms with van der Waals surface area (Å²) >= 11 is 10.0. The monoisotopic (exact) mass is 339 g/mol. The van der Waals surface area contributed by atoms with Crippen LogP contribution in [0.1, 0.15) is 5.56 Å². The first kappa shape index (κ1) is 17.1. The number of rotatable bonds is 2. The van der Waals surface area contributed by atoms with Crippen LogP contribution in [-0.2, 0) is 10.0 Å². The molecule has 0 aromatic heterocycles. The number of hydrogen-bond acceptors (Lipinski definition) is 5. The highest BCUT2D eigenvalue weighted by Gasteiger charge is 2.32. The van der Waals surface area contributed by atoms with Crippen LogP contribution in [0.15, 0.2) is 21.9 Å². The minimum atomic E-state index is -3.93. The zero-order valence-electron chi connectivity index (χ0n) is 10.5. The second-order valence-electron chi connectivity index (χ2n) is 4.00. The number of thiol groups is 1. The third-order valence-electron chi connectivity index (χ3n) is 2.67. The van der Waals surface area contributed by atoms with E-state index in [0.29, 0.717) is 17.1 Å². The number of sulfonamides is 1. The molecule has 0 saturated carbocycles. The number of hydrogen-bond donors (Lipinski definition) is 3. The number of amides is 2. The molecule has 0 atom stereocenters. The zero-order chi connectivity index (χ0) is 14.2. The molecule has 20 heavy (non-hydrogen) atoms. The van der Waals surface area contributed by atoms with Gasteiger partial charge >= 0.3 is 6.03 Å². The first-order valence-electron chi connectivity index (χ1n) is 5.38. The lowest BCUT2D eigenvalue weighted by Crippen LogP contribution is -2.57. The van der Waals surface area contributed by atoms with E-state index in [9.17, 15) is 13.2 Å². The van der Waals surface area contributed by atoms with Gasteiger partial charge in [0.25, 0.3) is 10.0 Å². The van der Waals surface area contributed by atoms with Crippen LogP contribution in [-0.4, -0.2) is 37.3 Å². The van der Waals surface area contributed by atoms with Crippen molar-refractivity contribution in [2.24, 2.45) is 0 Å². The van der Waals surface area contributed by atoms with Gasteiger partial charge in [-0.3, -0.25) is 5.43 Å². The average Bonchev–Trinajstić information content (AvgIpc) is 2.34. The number of nitrogens with one attached hydrogen (secondary N) is 2. The fourth-order valence-corrected chi connectivity index (χ4v) is 3.92. The topological polar surface area (TPSA) is 110 Å². The fourth-order valence-electron chi connectivity index (χ4n) is 1.66. The summed E-state index contributed by atoms with van der Waals surface area (Å²) in [5.74, 6) is 0. The predicted octanol–water partition coefficient (Wildman–Crippen LogP) is 0.331. The van der Waals surface area contributed by atoms with Gasteiger partial charge in [0, 0.05) is 16.5 Å². The number of aryl methyl sites for hydroxylation is 1. The van der Waals surface area contributed by atoms with Crippen molar-refractivity contribution in [3.8, 4) is 0 Å². The summed E-state index contributed by atoms with van der Waals surface area (Å²) in [5, 5.41) is 0.425. The molecule has 1 heterocycles. The van der Waals surface area contributed by atoms with Gasteiger partial charge in [0.15, 0.2) is 0 Å². The number of urea groups is 1. The molecule has 0 aliphatic carbocycles. The maximum atomic E-state index is 12.4. The fraction of sp³-hybridized carbons (Fsp3) is 0.300. The number of nitrogens with zero attached hydrogens (tertiary/aromatic N) is 1. The van der Waals surface area contributed by atoms with Crippen molar-refractivity contribution in [1.29, 1.82) is 0 Å². The molecule has 10 heteroatoms. The smallest absolute Gasteiger partial charge is 0.345 e. The Kier molecular flexibility index (Phi) is 5.27. The van der Waals surface area contributed by atoms with E-state index in [1.165, 1.54) is 12.1 Å². The Balaban J connectivity index is 0.00000200. The van der Waals surface area contributed by atoms with Crippen molar-refractivity contribution < 1.29 is 18.7 Å². The standard InChI is InChI=1S/C10H12ClN3O3S2.H2O/c1-6-4-9(8(18)5-7(6)11)19(16,17)14-3-2-12-13-10(14)15;/h4-5,12,18H,2-3H2,1H3,(H,13,15);1H2. The number of halogens is 1. The quantitative estimate of drug-likeness (QED) is 0.674. The molecule has 1 saturated heterocycles. The summed E-state index contributed by atoms with van der Waals surface area (Å²) in [4.78, 5) is 11.8. The van der Waals surface area contributed by atoms with Crippen molar-refractivity contribution in [3.05, 3.63) is 22.7 Å². The van der Waals surface area contributed by atoms with Gasteiger partial charge in [-0.2, -0.15) is 0 Å². The molecule has 1 aliphatic rings. The summed E-state index contributed by atoms with van der Waals surface area (Å²) in [6, 6.07) is 2.15. The summed E-state index contributed by atoms with van der Waals surface area (Å²) < 4.78 is 25.6. The van der Waals surface area contributed by atoms with Crippen LogP contribution in [0, 0.1) is 6.92 Å². The largest absolute Gasteiger partial charge is 0.412 e. The highest BCUT2D eigenvalue weighted by Crippen LogP contribution is 2.29. The Hall–Kier alpha value is -1.00. The van der Waals surface area contributed by atoms with Gasteiger partial charge in [-0.25, -0.2) is 22.9 Å². The zero-order valence-corrected chi connectivity index (χ0v) is 12.9. The molecule has 0 radical (unpaired) electrons. The molecule has 0 unspecified atom stereocenters. The Morgan fingerprint density at radius 3 is 2.65 bits per heavy atom. The number of hydrazine groups is 1. The van der Waals surface area contributed by atoms with Crippen LogP contribution in [0.25, 0.3) is 0 Å². The SMILES string of the molecule is Cc1cc(S(=O)(=O)N2CCNNC2=O)c(S)cc1Cl.O. The summed E-state index contributed by atoms with van der Waals surface area (Å²) in [6.07, 6.45) is 0. The molecule has 0 spiro atoms. The van der Waals surface area contributed by atoms with Crippen LogP contribution >= 0.6 is 24.2 Å². The molecule has 4 N–H and O–H groups in total. The van der Waals surface area contributed by atoms with Crippen LogP contribution in [0.3, 0.4) is 0 Å². The van der Waals surface area contributed by atoms with Gasteiger partial charge < -0.3 is 5.48 Å². The lowest BCUT2D eigenvalue weighted by Gasteiger charge is -2.27. The Morgan fingerprint density at radius 1 is 1.40 bits per heavy atom. The van der Waals surface area contributed by atoms with E-state index in [4.69, 9.17) is 11.6 Å². The van der Waals surface area contributed by atoms with E-state index in [-0.39, 0.29) is 21.8 Å². The maximum Gasteiger partial charge on any atom is 0.345 e. The Morgan fingerprint density at radius 2 is 2.05 bits per heavy atom. The molecule has 2 rings (SSSR count). The highest BCUT2D eigenvalue weighted by atomic mass is 35.5. The molecule has 1 aliphatic heterocycles. The maximum absolute atomic E-state index is 12.4. The second kappa shape index (κ2) is 6.19. The second-order valence-corrected chi connectivity index (χ2v) is 6.72. The molecule has 2 amide bonds. The van der Waals surface area contributed by atoms with Gasteiger partial charge in [0.1, 0.15) is 4.90 Å². The number of benzene rings is 1. The summed E-state index contributed by atoms with van der Waals surface area (Å²) in [7, 11) is -3.93. The Labute approximate surface area is 127 Å². The number of carbonyl (C=O) groups is 1. The molecule has 0 bridgehead atoms. The van der Waals surface area contributed by atoms with Crippen molar-refractivity contribution in [1.82, 2.24) is 15.2 Å². The number of carbonyl (C=O) groups excluding carboxylic acids is 1. The predicted molar refractivity (Wildman–Crippen MR) is 77.5 cm³/mol. The molecule has 1 fully saturated rings.